The van der Waals surface area contributed by atoms with Gasteiger partial charge in [0.1, 0.15) is 18.4 Å². The zero-order valence-corrected chi connectivity index (χ0v) is 23.8. The van der Waals surface area contributed by atoms with Crippen LogP contribution in [0.4, 0.5) is 10.1 Å². The number of hydrogen-bond donors (Lipinski definition) is 1. The zero-order chi connectivity index (χ0) is 28.7. The molecule has 0 aliphatic rings. The highest BCUT2D eigenvalue weighted by atomic mass is 32.2. The number of rotatable bonds is 11. The second-order valence-electron chi connectivity index (χ2n) is 10.1. The molecule has 1 N–H and O–H groups in total. The maximum Gasteiger partial charge on any atom is 0.264 e. The van der Waals surface area contributed by atoms with Gasteiger partial charge in [-0.2, -0.15) is 0 Å². The molecule has 39 heavy (non-hydrogen) atoms. The van der Waals surface area contributed by atoms with Crippen molar-refractivity contribution in [3.63, 3.8) is 0 Å². The summed E-state index contributed by atoms with van der Waals surface area (Å²) in [6, 6.07) is 18.1. The minimum atomic E-state index is -4.13. The fourth-order valence-electron chi connectivity index (χ4n) is 4.02. The summed E-state index contributed by atoms with van der Waals surface area (Å²) in [5.74, 6) is -1.14. The number of anilines is 1. The number of sulfonamides is 1. The number of aryl methyl sites for hydroxylation is 2. The molecule has 3 aromatic rings. The van der Waals surface area contributed by atoms with Gasteiger partial charge in [0.2, 0.25) is 11.8 Å². The lowest BCUT2D eigenvalue weighted by Crippen LogP contribution is -2.51. The van der Waals surface area contributed by atoms with Gasteiger partial charge in [0.15, 0.2) is 0 Å². The summed E-state index contributed by atoms with van der Waals surface area (Å²) < 4.78 is 42.4. The Hall–Kier alpha value is -3.72. The number of nitrogens with one attached hydrogen (secondary N) is 1. The molecule has 0 heterocycles. The van der Waals surface area contributed by atoms with E-state index in [0.29, 0.717) is 23.4 Å². The third-order valence-corrected chi connectivity index (χ3v) is 8.16. The van der Waals surface area contributed by atoms with E-state index in [-0.39, 0.29) is 23.3 Å². The first-order valence-corrected chi connectivity index (χ1v) is 14.3. The van der Waals surface area contributed by atoms with E-state index in [9.17, 15) is 22.4 Å². The molecule has 0 saturated carbocycles. The van der Waals surface area contributed by atoms with E-state index < -0.39 is 34.3 Å². The second-order valence-corrected chi connectivity index (χ2v) is 11.9. The Kier molecular flexibility index (Phi) is 9.86. The van der Waals surface area contributed by atoms with Crippen molar-refractivity contribution >= 4 is 27.5 Å². The van der Waals surface area contributed by atoms with Gasteiger partial charge >= 0.3 is 0 Å². The van der Waals surface area contributed by atoms with Crippen molar-refractivity contribution in [3.05, 3.63) is 95.3 Å². The van der Waals surface area contributed by atoms with E-state index in [1.54, 1.807) is 50.2 Å². The average Bonchev–Trinajstić information content (AvgIpc) is 2.90. The van der Waals surface area contributed by atoms with Crippen molar-refractivity contribution in [1.29, 1.82) is 0 Å². The molecule has 9 heteroatoms. The Morgan fingerprint density at radius 3 is 2.10 bits per heavy atom. The molecule has 0 aromatic heterocycles. The number of para-hydroxylation sites is 1. The van der Waals surface area contributed by atoms with E-state index in [4.69, 9.17) is 0 Å². The number of hydrogen-bond acceptors (Lipinski definition) is 4. The van der Waals surface area contributed by atoms with Crippen LogP contribution >= 0.6 is 0 Å². The summed E-state index contributed by atoms with van der Waals surface area (Å²) >= 11 is 0. The number of benzene rings is 3. The van der Waals surface area contributed by atoms with Gasteiger partial charge in [-0.15, -0.1) is 0 Å². The van der Waals surface area contributed by atoms with Crippen LogP contribution in [0.25, 0.3) is 0 Å². The Bertz CT molecular complexity index is 1390. The molecule has 0 unspecified atom stereocenters. The second kappa shape index (κ2) is 12.9. The molecular formula is C30H36FN3O4S. The minimum Gasteiger partial charge on any atom is -0.354 e. The molecule has 1 atom stereocenters. The SMILES string of the molecule is Cc1ccc(S(=O)(=O)N(CC(=O)N(Cc2ccc(F)cc2)[C@H](C)C(=O)NCC(C)C)c2ccccc2C)cc1. The minimum absolute atomic E-state index is 0.00156. The molecular weight excluding hydrogens is 517 g/mol. The van der Waals surface area contributed by atoms with Gasteiger partial charge in [0, 0.05) is 13.1 Å². The van der Waals surface area contributed by atoms with Gasteiger partial charge in [-0.1, -0.05) is 61.9 Å². The predicted octanol–water partition coefficient (Wildman–Crippen LogP) is 4.83. The molecule has 0 saturated heterocycles. The normalized spacial score (nSPS) is 12.2. The number of nitrogens with zero attached hydrogens (tertiary/aromatic N) is 2. The van der Waals surface area contributed by atoms with E-state index in [1.807, 2.05) is 20.8 Å². The summed E-state index contributed by atoms with van der Waals surface area (Å²) in [7, 11) is -4.13. The van der Waals surface area contributed by atoms with Crippen LogP contribution in [0.15, 0.2) is 77.7 Å². The molecule has 3 rings (SSSR count). The fourth-order valence-corrected chi connectivity index (χ4v) is 5.49. The first-order valence-electron chi connectivity index (χ1n) is 12.9. The molecule has 0 radical (unpaired) electrons. The van der Waals surface area contributed by atoms with Gasteiger partial charge < -0.3 is 10.2 Å². The van der Waals surface area contributed by atoms with Crippen LogP contribution in [0.5, 0.6) is 0 Å². The maximum absolute atomic E-state index is 13.9. The quantitative estimate of drug-likeness (QED) is 0.369. The molecule has 0 aliphatic carbocycles. The molecule has 7 nitrogen and oxygen atoms in total. The summed E-state index contributed by atoms with van der Waals surface area (Å²) in [6.07, 6.45) is 0. The third-order valence-electron chi connectivity index (χ3n) is 6.39. The first-order chi connectivity index (χ1) is 18.4. The van der Waals surface area contributed by atoms with Crippen LogP contribution in [0.1, 0.15) is 37.5 Å². The highest BCUT2D eigenvalue weighted by Crippen LogP contribution is 2.27. The predicted molar refractivity (Wildman–Crippen MR) is 151 cm³/mol. The first kappa shape index (κ1) is 29.8. The van der Waals surface area contributed by atoms with Crippen molar-refractivity contribution < 1.29 is 22.4 Å². The molecule has 3 aromatic carbocycles. The van der Waals surface area contributed by atoms with Gasteiger partial charge in [-0.25, -0.2) is 12.8 Å². The van der Waals surface area contributed by atoms with E-state index in [0.717, 1.165) is 9.87 Å². The summed E-state index contributed by atoms with van der Waals surface area (Å²) in [5.41, 5.74) is 2.55. The number of amides is 2. The van der Waals surface area contributed by atoms with Crippen LogP contribution in [-0.2, 0) is 26.2 Å². The lowest BCUT2D eigenvalue weighted by Gasteiger charge is -2.32. The van der Waals surface area contributed by atoms with Gasteiger partial charge in [0.25, 0.3) is 10.0 Å². The van der Waals surface area contributed by atoms with E-state index in [2.05, 4.69) is 5.32 Å². The van der Waals surface area contributed by atoms with E-state index in [1.165, 1.54) is 41.3 Å². The Labute approximate surface area is 230 Å². The number of carbonyl (C=O) groups excluding carboxylic acids is 2. The van der Waals surface area contributed by atoms with Gasteiger partial charge in [0.05, 0.1) is 10.6 Å². The number of carbonyl (C=O) groups is 2. The van der Waals surface area contributed by atoms with Gasteiger partial charge in [-0.05, 0) is 68.1 Å². The van der Waals surface area contributed by atoms with Crippen molar-refractivity contribution in [2.45, 2.75) is 52.1 Å². The lowest BCUT2D eigenvalue weighted by atomic mass is 10.1. The average molecular weight is 554 g/mol. The standard InChI is InChI=1S/C30H36FN3O4S/c1-21(2)18-32-30(36)24(5)33(19-25-12-14-26(31)15-13-25)29(35)20-34(28-9-7-6-8-23(28)4)39(37,38)27-16-10-22(3)11-17-27/h6-17,21,24H,18-20H2,1-5H3,(H,32,36)/t24-/m1/s1. The molecule has 0 fully saturated rings. The summed E-state index contributed by atoms with van der Waals surface area (Å²) in [4.78, 5) is 28.3. The zero-order valence-electron chi connectivity index (χ0n) is 23.0. The monoisotopic (exact) mass is 553 g/mol. The van der Waals surface area contributed by atoms with Crippen molar-refractivity contribution in [3.8, 4) is 0 Å². The maximum atomic E-state index is 13.9. The van der Waals surface area contributed by atoms with E-state index >= 15 is 0 Å². The lowest BCUT2D eigenvalue weighted by molar-refractivity contribution is -0.139. The van der Waals surface area contributed by atoms with Crippen LogP contribution in [0, 0.1) is 25.6 Å². The molecule has 0 aliphatic heterocycles. The van der Waals surface area contributed by atoms with Crippen LogP contribution in [-0.4, -0.2) is 44.3 Å². The Morgan fingerprint density at radius 2 is 1.51 bits per heavy atom. The van der Waals surface area contributed by atoms with Crippen LogP contribution < -0.4 is 9.62 Å². The third kappa shape index (κ3) is 7.66. The topological polar surface area (TPSA) is 86.8 Å². The Morgan fingerprint density at radius 1 is 0.897 bits per heavy atom. The molecule has 0 bridgehead atoms. The van der Waals surface area contributed by atoms with Crippen LogP contribution in [0.3, 0.4) is 0 Å². The Balaban J connectivity index is 2.02. The number of halogens is 1. The molecule has 208 valence electrons. The van der Waals surface area contributed by atoms with Crippen molar-refractivity contribution in [2.75, 3.05) is 17.4 Å². The molecule has 2 amide bonds. The summed E-state index contributed by atoms with van der Waals surface area (Å²) in [5, 5.41) is 2.84. The molecule has 0 spiro atoms. The largest absolute Gasteiger partial charge is 0.354 e. The highest BCUT2D eigenvalue weighted by molar-refractivity contribution is 7.92. The van der Waals surface area contributed by atoms with Crippen LogP contribution in [0.2, 0.25) is 0 Å². The fraction of sp³-hybridized carbons (Fsp3) is 0.333. The highest BCUT2D eigenvalue weighted by Gasteiger charge is 2.33. The van der Waals surface area contributed by atoms with Crippen molar-refractivity contribution in [1.82, 2.24) is 10.2 Å². The van der Waals surface area contributed by atoms with Crippen molar-refractivity contribution in [2.24, 2.45) is 5.92 Å². The summed E-state index contributed by atoms with van der Waals surface area (Å²) in [6.45, 7) is 9.06. The van der Waals surface area contributed by atoms with Gasteiger partial charge in [-0.3, -0.25) is 13.9 Å². The smallest absolute Gasteiger partial charge is 0.264 e.